The number of carbonyl (C=O) groups is 2. The van der Waals surface area contributed by atoms with Crippen molar-refractivity contribution in [1.29, 1.82) is 0 Å². The first-order valence-electron chi connectivity index (χ1n) is 7.20. The van der Waals surface area contributed by atoms with Gasteiger partial charge < -0.3 is 10.4 Å². The van der Waals surface area contributed by atoms with Crippen LogP contribution in [0.3, 0.4) is 0 Å². The molecular weight excluding hydrogens is 278 g/mol. The lowest BCUT2D eigenvalue weighted by Gasteiger charge is -2.15. The summed E-state index contributed by atoms with van der Waals surface area (Å²) in [5.41, 5.74) is 1.28. The lowest BCUT2D eigenvalue weighted by molar-refractivity contribution is -0.140. The van der Waals surface area contributed by atoms with Crippen molar-refractivity contribution in [3.8, 4) is 0 Å². The molecule has 0 spiro atoms. The van der Waals surface area contributed by atoms with Gasteiger partial charge in [0.1, 0.15) is 5.54 Å². The number of benzene rings is 2. The summed E-state index contributed by atoms with van der Waals surface area (Å²) in [7, 11) is 0. The molecule has 1 saturated carbocycles. The normalized spacial score (nSPS) is 22.9. The van der Waals surface area contributed by atoms with Crippen LogP contribution in [-0.2, 0) is 4.79 Å². The zero-order valence-corrected chi connectivity index (χ0v) is 12.2. The minimum Gasteiger partial charge on any atom is -0.479 e. The van der Waals surface area contributed by atoms with Crippen LogP contribution in [0.4, 0.5) is 0 Å². The van der Waals surface area contributed by atoms with Crippen LogP contribution < -0.4 is 5.32 Å². The van der Waals surface area contributed by atoms with Gasteiger partial charge in [-0.3, -0.25) is 4.79 Å². The minimum absolute atomic E-state index is 0.180. The molecule has 2 unspecified atom stereocenters. The Balaban J connectivity index is 1.81. The quantitative estimate of drug-likeness (QED) is 0.911. The standard InChI is InChI=1S/C18H17NO3/c1-12-7-9-14(10-8-12)16(20)19-18(17(21)22)11-15(18)13-5-3-2-4-6-13/h2-10,15H,11H2,1H3,(H,19,20)(H,21,22). The molecule has 1 fully saturated rings. The van der Waals surface area contributed by atoms with E-state index in [1.165, 1.54) is 0 Å². The second-order valence-corrected chi connectivity index (χ2v) is 5.76. The number of carbonyl (C=O) groups excluding carboxylic acids is 1. The Kier molecular flexibility index (Phi) is 3.45. The monoisotopic (exact) mass is 295 g/mol. The zero-order chi connectivity index (χ0) is 15.7. The number of carboxylic acids is 1. The van der Waals surface area contributed by atoms with Gasteiger partial charge in [-0.25, -0.2) is 4.79 Å². The Bertz CT molecular complexity index is 709. The minimum atomic E-state index is -1.19. The van der Waals surface area contributed by atoms with Crippen LogP contribution in [0.15, 0.2) is 54.6 Å². The SMILES string of the molecule is Cc1ccc(C(=O)NC2(C(=O)O)CC2c2ccccc2)cc1. The molecule has 0 aromatic heterocycles. The van der Waals surface area contributed by atoms with Gasteiger partial charge in [0, 0.05) is 11.5 Å². The van der Waals surface area contributed by atoms with E-state index in [1.807, 2.05) is 49.4 Å². The topological polar surface area (TPSA) is 66.4 Å². The number of carboxylic acid groups (broad SMARTS) is 1. The summed E-state index contributed by atoms with van der Waals surface area (Å²) in [5.74, 6) is -1.51. The fourth-order valence-electron chi connectivity index (χ4n) is 2.76. The number of aryl methyl sites for hydroxylation is 1. The predicted molar refractivity (Wildman–Crippen MR) is 82.8 cm³/mol. The lowest BCUT2D eigenvalue weighted by Crippen LogP contribution is -2.44. The highest BCUT2D eigenvalue weighted by Gasteiger charge is 2.62. The highest BCUT2D eigenvalue weighted by Crippen LogP contribution is 2.51. The van der Waals surface area contributed by atoms with Crippen molar-refractivity contribution in [2.45, 2.75) is 24.8 Å². The van der Waals surface area contributed by atoms with E-state index in [-0.39, 0.29) is 11.8 Å². The lowest BCUT2D eigenvalue weighted by atomic mass is 10.1. The second-order valence-electron chi connectivity index (χ2n) is 5.76. The molecule has 2 aromatic carbocycles. The Labute approximate surface area is 128 Å². The molecule has 0 saturated heterocycles. The van der Waals surface area contributed by atoms with Crippen molar-refractivity contribution in [2.24, 2.45) is 0 Å². The highest BCUT2D eigenvalue weighted by molar-refractivity contribution is 5.99. The summed E-state index contributed by atoms with van der Waals surface area (Å²) >= 11 is 0. The maximum atomic E-state index is 12.3. The molecule has 1 amide bonds. The van der Waals surface area contributed by atoms with E-state index in [9.17, 15) is 14.7 Å². The molecule has 0 radical (unpaired) electrons. The van der Waals surface area contributed by atoms with E-state index >= 15 is 0 Å². The van der Waals surface area contributed by atoms with Crippen LogP contribution in [0, 0.1) is 6.92 Å². The third kappa shape index (κ3) is 2.48. The van der Waals surface area contributed by atoms with Gasteiger partial charge in [0.2, 0.25) is 0 Å². The second kappa shape index (κ2) is 5.30. The van der Waals surface area contributed by atoms with Gasteiger partial charge in [-0.2, -0.15) is 0 Å². The third-order valence-corrected chi connectivity index (χ3v) is 4.19. The van der Waals surface area contributed by atoms with Crippen LogP contribution in [0.25, 0.3) is 0 Å². The summed E-state index contributed by atoms with van der Waals surface area (Å²) < 4.78 is 0. The van der Waals surface area contributed by atoms with E-state index in [0.717, 1.165) is 11.1 Å². The van der Waals surface area contributed by atoms with E-state index < -0.39 is 11.5 Å². The van der Waals surface area contributed by atoms with Crippen molar-refractivity contribution in [1.82, 2.24) is 5.32 Å². The third-order valence-electron chi connectivity index (χ3n) is 4.19. The van der Waals surface area contributed by atoms with Crippen molar-refractivity contribution in [2.75, 3.05) is 0 Å². The van der Waals surface area contributed by atoms with E-state index in [1.54, 1.807) is 12.1 Å². The van der Waals surface area contributed by atoms with Gasteiger partial charge in [-0.1, -0.05) is 48.0 Å². The molecular formula is C18H17NO3. The summed E-state index contributed by atoms with van der Waals surface area (Å²) in [6, 6.07) is 16.5. The number of aliphatic carboxylic acids is 1. The molecule has 0 heterocycles. The Morgan fingerprint density at radius 2 is 1.73 bits per heavy atom. The zero-order valence-electron chi connectivity index (χ0n) is 12.2. The van der Waals surface area contributed by atoms with Crippen LogP contribution in [0.2, 0.25) is 0 Å². The average molecular weight is 295 g/mol. The molecule has 2 aromatic rings. The molecule has 2 atom stereocenters. The van der Waals surface area contributed by atoms with Crippen molar-refractivity contribution < 1.29 is 14.7 Å². The molecule has 0 aliphatic heterocycles. The Morgan fingerprint density at radius 3 is 2.32 bits per heavy atom. The van der Waals surface area contributed by atoms with Crippen LogP contribution in [-0.4, -0.2) is 22.5 Å². The van der Waals surface area contributed by atoms with Crippen LogP contribution in [0.1, 0.15) is 33.8 Å². The van der Waals surface area contributed by atoms with Gasteiger partial charge in [0.25, 0.3) is 5.91 Å². The number of rotatable bonds is 4. The molecule has 4 nitrogen and oxygen atoms in total. The molecule has 3 rings (SSSR count). The molecule has 1 aliphatic rings. The van der Waals surface area contributed by atoms with Gasteiger partial charge in [0.05, 0.1) is 0 Å². The number of amides is 1. The summed E-state index contributed by atoms with van der Waals surface area (Å²) in [6.07, 6.45) is 0.421. The number of hydrogen-bond donors (Lipinski definition) is 2. The first-order valence-corrected chi connectivity index (χ1v) is 7.20. The van der Waals surface area contributed by atoms with Crippen molar-refractivity contribution >= 4 is 11.9 Å². The Hall–Kier alpha value is -2.62. The maximum Gasteiger partial charge on any atom is 0.330 e. The van der Waals surface area contributed by atoms with E-state index in [0.29, 0.717) is 12.0 Å². The first kappa shape index (κ1) is 14.3. The fraction of sp³-hybridized carbons (Fsp3) is 0.222. The highest BCUT2D eigenvalue weighted by atomic mass is 16.4. The molecule has 4 heteroatoms. The Morgan fingerprint density at radius 1 is 1.09 bits per heavy atom. The average Bonchev–Trinajstić information content (AvgIpc) is 3.24. The first-order chi connectivity index (χ1) is 10.5. The maximum absolute atomic E-state index is 12.3. The van der Waals surface area contributed by atoms with Gasteiger partial charge >= 0.3 is 5.97 Å². The van der Waals surface area contributed by atoms with Gasteiger partial charge in [-0.05, 0) is 31.0 Å². The predicted octanol–water partition coefficient (Wildman–Crippen LogP) is 2.74. The van der Waals surface area contributed by atoms with Crippen molar-refractivity contribution in [3.63, 3.8) is 0 Å². The summed E-state index contributed by atoms with van der Waals surface area (Å²) in [4.78, 5) is 24.0. The molecule has 2 N–H and O–H groups in total. The number of hydrogen-bond acceptors (Lipinski definition) is 2. The smallest absolute Gasteiger partial charge is 0.330 e. The molecule has 112 valence electrons. The van der Waals surface area contributed by atoms with E-state index in [2.05, 4.69) is 5.32 Å². The van der Waals surface area contributed by atoms with Gasteiger partial charge in [-0.15, -0.1) is 0 Å². The molecule has 0 bridgehead atoms. The van der Waals surface area contributed by atoms with E-state index in [4.69, 9.17) is 0 Å². The van der Waals surface area contributed by atoms with Gasteiger partial charge in [0.15, 0.2) is 0 Å². The van der Waals surface area contributed by atoms with Crippen molar-refractivity contribution in [3.05, 3.63) is 71.3 Å². The molecule has 22 heavy (non-hydrogen) atoms. The van der Waals surface area contributed by atoms with Crippen LogP contribution >= 0.6 is 0 Å². The fourth-order valence-corrected chi connectivity index (χ4v) is 2.76. The summed E-state index contributed by atoms with van der Waals surface area (Å²) in [5, 5.41) is 12.3. The van der Waals surface area contributed by atoms with Crippen LogP contribution in [0.5, 0.6) is 0 Å². The number of nitrogens with one attached hydrogen (secondary N) is 1. The molecule has 1 aliphatic carbocycles. The summed E-state index contributed by atoms with van der Waals surface area (Å²) in [6.45, 7) is 1.94. The largest absolute Gasteiger partial charge is 0.479 e.